The van der Waals surface area contributed by atoms with Crippen LogP contribution in [0.15, 0.2) is 11.1 Å². The molecule has 0 bridgehead atoms. The molecule has 7 heteroatoms. The molecule has 19 heavy (non-hydrogen) atoms. The minimum Gasteiger partial charge on any atom is -0.383 e. The number of nitrogens with one attached hydrogen (secondary N) is 1. The van der Waals surface area contributed by atoms with Gasteiger partial charge in [-0.3, -0.25) is 0 Å². The number of anilines is 1. The molecule has 0 spiro atoms. The second kappa shape index (κ2) is 6.38. The van der Waals surface area contributed by atoms with Crippen molar-refractivity contribution in [1.29, 1.82) is 0 Å². The van der Waals surface area contributed by atoms with Crippen LogP contribution in [-0.2, 0) is 10.0 Å². The first kappa shape index (κ1) is 16.0. The predicted octanol–water partition coefficient (Wildman–Crippen LogP) is 1.90. The number of rotatable bonds is 7. The minimum atomic E-state index is -3.59. The topological polar surface area (TPSA) is 90.0 Å². The van der Waals surface area contributed by atoms with Crippen molar-refractivity contribution in [1.82, 2.24) is 14.5 Å². The smallest absolute Gasteiger partial charge is 0.246 e. The molecule has 110 valence electrons. The van der Waals surface area contributed by atoms with Crippen molar-refractivity contribution in [3.05, 3.63) is 6.20 Å². The van der Waals surface area contributed by atoms with Gasteiger partial charge in [0.15, 0.2) is 0 Å². The summed E-state index contributed by atoms with van der Waals surface area (Å²) in [5, 5.41) is 4.13. The first-order chi connectivity index (χ1) is 8.87. The van der Waals surface area contributed by atoms with Gasteiger partial charge in [0.25, 0.3) is 0 Å². The Hall–Kier alpha value is -1.08. The lowest BCUT2D eigenvalue weighted by Crippen LogP contribution is -2.32. The number of nitrogens with zero attached hydrogens (tertiary/aromatic N) is 2. The van der Waals surface area contributed by atoms with Crippen LogP contribution in [0.3, 0.4) is 0 Å². The van der Waals surface area contributed by atoms with Gasteiger partial charge in [-0.05, 0) is 26.2 Å². The zero-order chi connectivity index (χ0) is 14.6. The van der Waals surface area contributed by atoms with Gasteiger partial charge >= 0.3 is 0 Å². The molecule has 0 aliphatic rings. The number of hydrogen-bond acceptors (Lipinski definition) is 4. The van der Waals surface area contributed by atoms with E-state index in [0.717, 1.165) is 19.3 Å². The highest BCUT2D eigenvalue weighted by molar-refractivity contribution is 7.89. The molecule has 1 atom stereocenters. The first-order valence-corrected chi connectivity index (χ1v) is 8.20. The molecule has 0 aliphatic heterocycles. The van der Waals surface area contributed by atoms with Crippen LogP contribution in [0.1, 0.15) is 53.0 Å². The molecule has 1 aromatic heterocycles. The second-order valence-corrected chi connectivity index (χ2v) is 6.42. The largest absolute Gasteiger partial charge is 0.383 e. The van der Waals surface area contributed by atoms with Crippen molar-refractivity contribution in [3.63, 3.8) is 0 Å². The van der Waals surface area contributed by atoms with Crippen molar-refractivity contribution in [3.8, 4) is 0 Å². The molecule has 1 rings (SSSR count). The number of aromatic nitrogens is 2. The van der Waals surface area contributed by atoms with Crippen LogP contribution in [0, 0.1) is 0 Å². The van der Waals surface area contributed by atoms with Crippen LogP contribution in [0.5, 0.6) is 0 Å². The highest BCUT2D eigenvalue weighted by Crippen LogP contribution is 2.24. The predicted molar refractivity (Wildman–Crippen MR) is 76.3 cm³/mol. The Morgan fingerprint density at radius 1 is 1.32 bits per heavy atom. The highest BCUT2D eigenvalue weighted by atomic mass is 32.2. The van der Waals surface area contributed by atoms with Gasteiger partial charge in [0, 0.05) is 6.04 Å². The third-order valence-corrected chi connectivity index (χ3v) is 4.95. The molecule has 0 aliphatic carbocycles. The summed E-state index contributed by atoms with van der Waals surface area (Å²) in [6, 6.07) is 0.00782. The van der Waals surface area contributed by atoms with E-state index in [1.807, 2.05) is 27.7 Å². The number of sulfonamides is 1. The van der Waals surface area contributed by atoms with Gasteiger partial charge in [-0.25, -0.2) is 17.8 Å². The van der Waals surface area contributed by atoms with E-state index in [-0.39, 0.29) is 22.8 Å². The van der Waals surface area contributed by atoms with Gasteiger partial charge in [0.05, 0.1) is 12.2 Å². The summed E-state index contributed by atoms with van der Waals surface area (Å²) in [5.41, 5.74) is 5.94. The number of nitrogen functional groups attached to an aromatic ring is 1. The van der Waals surface area contributed by atoms with E-state index in [9.17, 15) is 8.42 Å². The van der Waals surface area contributed by atoms with E-state index < -0.39 is 10.0 Å². The summed E-state index contributed by atoms with van der Waals surface area (Å²) in [7, 11) is -3.59. The van der Waals surface area contributed by atoms with E-state index in [2.05, 4.69) is 9.82 Å². The van der Waals surface area contributed by atoms with Crippen molar-refractivity contribution in [2.45, 2.75) is 63.9 Å². The van der Waals surface area contributed by atoms with Crippen molar-refractivity contribution < 1.29 is 8.42 Å². The van der Waals surface area contributed by atoms with Gasteiger partial charge in [0.1, 0.15) is 10.7 Å². The average Bonchev–Trinajstić information content (AvgIpc) is 2.73. The van der Waals surface area contributed by atoms with Crippen molar-refractivity contribution in [2.75, 3.05) is 5.73 Å². The van der Waals surface area contributed by atoms with E-state index in [1.165, 1.54) is 6.20 Å². The molecular weight excluding hydrogens is 264 g/mol. The lowest BCUT2D eigenvalue weighted by atomic mass is 10.2. The van der Waals surface area contributed by atoms with Crippen LogP contribution < -0.4 is 10.5 Å². The SMILES string of the molecule is CCC(C)NS(=O)(=O)c1cnn(C(CC)CC)c1N. The fourth-order valence-corrected chi connectivity index (χ4v) is 3.28. The maximum Gasteiger partial charge on any atom is 0.246 e. The summed E-state index contributed by atoms with van der Waals surface area (Å²) >= 11 is 0. The molecule has 3 N–H and O–H groups in total. The Morgan fingerprint density at radius 3 is 2.37 bits per heavy atom. The summed E-state index contributed by atoms with van der Waals surface area (Å²) in [4.78, 5) is 0.0692. The van der Waals surface area contributed by atoms with E-state index in [4.69, 9.17) is 5.73 Å². The molecule has 0 saturated heterocycles. The third kappa shape index (κ3) is 3.48. The maximum absolute atomic E-state index is 12.2. The van der Waals surface area contributed by atoms with Crippen LogP contribution in [0.4, 0.5) is 5.82 Å². The quantitative estimate of drug-likeness (QED) is 0.802. The van der Waals surface area contributed by atoms with Gasteiger partial charge in [-0.2, -0.15) is 5.10 Å². The Bertz CT molecular complexity index is 506. The fraction of sp³-hybridized carbons (Fsp3) is 0.750. The fourth-order valence-electron chi connectivity index (χ4n) is 1.90. The van der Waals surface area contributed by atoms with Crippen LogP contribution in [-0.4, -0.2) is 24.2 Å². The maximum atomic E-state index is 12.2. The average molecular weight is 288 g/mol. The molecule has 1 unspecified atom stereocenters. The van der Waals surface area contributed by atoms with Crippen LogP contribution >= 0.6 is 0 Å². The van der Waals surface area contributed by atoms with Crippen LogP contribution in [0.25, 0.3) is 0 Å². The molecule has 0 fully saturated rings. The number of hydrogen-bond donors (Lipinski definition) is 2. The van der Waals surface area contributed by atoms with E-state index >= 15 is 0 Å². The Morgan fingerprint density at radius 2 is 1.89 bits per heavy atom. The monoisotopic (exact) mass is 288 g/mol. The van der Waals surface area contributed by atoms with E-state index in [1.54, 1.807) is 4.68 Å². The van der Waals surface area contributed by atoms with E-state index in [0.29, 0.717) is 0 Å². The third-order valence-electron chi connectivity index (χ3n) is 3.35. The normalized spacial score (nSPS) is 13.9. The summed E-state index contributed by atoms with van der Waals surface area (Å²) in [6.07, 6.45) is 3.78. The molecule has 0 radical (unpaired) electrons. The standard InChI is InChI=1S/C12H24N4O2S/c1-5-9(4)15-19(17,18)11-8-14-16(12(11)13)10(6-2)7-3/h8-10,15H,5-7,13H2,1-4H3. The molecular formula is C12H24N4O2S. The molecule has 6 nitrogen and oxygen atoms in total. The second-order valence-electron chi connectivity index (χ2n) is 4.74. The lowest BCUT2D eigenvalue weighted by Gasteiger charge is -2.15. The lowest BCUT2D eigenvalue weighted by molar-refractivity contribution is 0.434. The Labute approximate surface area is 115 Å². The zero-order valence-corrected chi connectivity index (χ0v) is 12.9. The summed E-state index contributed by atoms with van der Waals surface area (Å²) < 4.78 is 28.6. The zero-order valence-electron chi connectivity index (χ0n) is 12.0. The molecule has 1 aromatic rings. The number of nitrogens with two attached hydrogens (primary N) is 1. The Kier molecular flexibility index (Phi) is 5.37. The summed E-state index contributed by atoms with van der Waals surface area (Å²) in [5.74, 6) is 0.213. The van der Waals surface area contributed by atoms with Gasteiger partial charge in [-0.1, -0.05) is 20.8 Å². The van der Waals surface area contributed by atoms with Gasteiger partial charge < -0.3 is 5.73 Å². The van der Waals surface area contributed by atoms with Crippen molar-refractivity contribution in [2.24, 2.45) is 0 Å². The van der Waals surface area contributed by atoms with Crippen molar-refractivity contribution >= 4 is 15.8 Å². The molecule has 0 amide bonds. The summed E-state index contributed by atoms with van der Waals surface area (Å²) in [6.45, 7) is 7.80. The van der Waals surface area contributed by atoms with Crippen LogP contribution in [0.2, 0.25) is 0 Å². The first-order valence-electron chi connectivity index (χ1n) is 6.72. The highest BCUT2D eigenvalue weighted by Gasteiger charge is 2.24. The molecule has 0 aromatic carbocycles. The molecule has 1 heterocycles. The molecule has 0 saturated carbocycles. The van der Waals surface area contributed by atoms with Gasteiger partial charge in [0.2, 0.25) is 10.0 Å². The Balaban J connectivity index is 3.10. The minimum absolute atomic E-state index is 0.0692. The van der Waals surface area contributed by atoms with Gasteiger partial charge in [-0.15, -0.1) is 0 Å².